The molecule has 0 saturated heterocycles. The average molecular weight is 219 g/mol. The lowest BCUT2D eigenvalue weighted by molar-refractivity contribution is -0.888. The molecular weight excluding hydrogens is 192 g/mol. The lowest BCUT2D eigenvalue weighted by atomic mass is 10.3. The highest BCUT2D eigenvalue weighted by Gasteiger charge is 2.12. The van der Waals surface area contributed by atoms with Crippen molar-refractivity contribution < 1.29 is 14.7 Å². The average Bonchev–Trinajstić information content (AvgIpc) is 2.18. The summed E-state index contributed by atoms with van der Waals surface area (Å²) < 4.78 is 1.03. The highest BCUT2D eigenvalue weighted by molar-refractivity contribution is 4.56. The number of nitrogens with zero attached hydrogens (tertiary/aromatic N) is 2. The van der Waals surface area contributed by atoms with Gasteiger partial charge in [-0.15, -0.1) is 0 Å². The molecule has 4 nitrogen and oxygen atoms in total. The second-order valence-corrected chi connectivity index (χ2v) is 4.62. The Morgan fingerprint density at radius 1 is 1.00 bits per heavy atom. The molecule has 0 spiro atoms. The van der Waals surface area contributed by atoms with Crippen molar-refractivity contribution in [1.29, 1.82) is 0 Å². The predicted octanol–water partition coefficient (Wildman–Crippen LogP) is -0.241. The van der Waals surface area contributed by atoms with E-state index in [-0.39, 0.29) is 13.2 Å². The molecule has 0 aromatic heterocycles. The van der Waals surface area contributed by atoms with Gasteiger partial charge in [0.1, 0.15) is 0 Å². The lowest BCUT2D eigenvalue weighted by Gasteiger charge is -2.29. The zero-order valence-corrected chi connectivity index (χ0v) is 10.4. The molecule has 0 atom stereocenters. The van der Waals surface area contributed by atoms with Crippen LogP contribution in [0.15, 0.2) is 0 Å². The number of hydrogen-bond donors (Lipinski definition) is 2. The van der Waals surface area contributed by atoms with E-state index in [0.717, 1.165) is 30.5 Å². The van der Waals surface area contributed by atoms with Gasteiger partial charge in [0, 0.05) is 26.1 Å². The van der Waals surface area contributed by atoms with Crippen molar-refractivity contribution in [2.45, 2.75) is 13.3 Å². The van der Waals surface area contributed by atoms with Gasteiger partial charge in [-0.25, -0.2) is 0 Å². The van der Waals surface area contributed by atoms with E-state index >= 15 is 0 Å². The van der Waals surface area contributed by atoms with E-state index in [1.165, 1.54) is 0 Å². The zero-order chi connectivity index (χ0) is 11.7. The molecule has 0 aromatic rings. The monoisotopic (exact) mass is 219 g/mol. The van der Waals surface area contributed by atoms with E-state index in [2.05, 4.69) is 25.9 Å². The summed E-state index contributed by atoms with van der Waals surface area (Å²) in [6.07, 6.45) is 1.11. The van der Waals surface area contributed by atoms with Gasteiger partial charge in [0.05, 0.1) is 40.4 Å². The molecule has 15 heavy (non-hydrogen) atoms. The Morgan fingerprint density at radius 3 is 1.93 bits per heavy atom. The molecule has 4 heteroatoms. The summed E-state index contributed by atoms with van der Waals surface area (Å²) in [7, 11) is 4.45. The maximum absolute atomic E-state index is 8.84. The first-order chi connectivity index (χ1) is 7.05. The predicted molar refractivity (Wildman–Crippen MR) is 62.7 cm³/mol. The Bertz CT molecular complexity index is 146. The van der Waals surface area contributed by atoms with Crippen LogP contribution in [0.1, 0.15) is 13.3 Å². The molecule has 0 radical (unpaired) electrons. The summed E-state index contributed by atoms with van der Waals surface area (Å²) in [5.41, 5.74) is 0. The Labute approximate surface area is 93.7 Å². The standard InChI is InChI=1S/C11H27N2O2/c1-4-13(2,3)9-5-6-12(7-10-14)8-11-15/h14-15H,4-11H2,1-3H3/q+1. The molecule has 0 aromatic carbocycles. The number of quaternary nitrogens is 1. The number of aliphatic hydroxyl groups excluding tert-OH is 2. The third-order valence-corrected chi connectivity index (χ3v) is 2.93. The molecule has 0 aliphatic carbocycles. The topological polar surface area (TPSA) is 43.7 Å². The first-order valence-corrected chi connectivity index (χ1v) is 5.82. The molecule has 0 saturated carbocycles. The molecular formula is C11H27N2O2+. The van der Waals surface area contributed by atoms with Crippen molar-refractivity contribution in [3.05, 3.63) is 0 Å². The van der Waals surface area contributed by atoms with Gasteiger partial charge in [-0.2, -0.15) is 0 Å². The van der Waals surface area contributed by atoms with Crippen LogP contribution < -0.4 is 0 Å². The van der Waals surface area contributed by atoms with Gasteiger partial charge in [-0.3, -0.25) is 4.90 Å². The summed E-state index contributed by atoms with van der Waals surface area (Å²) in [6.45, 7) is 7.12. The fourth-order valence-electron chi connectivity index (χ4n) is 1.50. The number of aliphatic hydroxyl groups is 2. The number of rotatable bonds is 9. The lowest BCUT2D eigenvalue weighted by Crippen LogP contribution is -2.42. The van der Waals surface area contributed by atoms with Crippen LogP contribution in [-0.2, 0) is 0 Å². The van der Waals surface area contributed by atoms with Gasteiger partial charge in [0.2, 0.25) is 0 Å². The summed E-state index contributed by atoms with van der Waals surface area (Å²) >= 11 is 0. The fraction of sp³-hybridized carbons (Fsp3) is 1.00. The van der Waals surface area contributed by atoms with Crippen LogP contribution in [0.4, 0.5) is 0 Å². The van der Waals surface area contributed by atoms with Crippen LogP contribution in [0, 0.1) is 0 Å². The second kappa shape index (κ2) is 8.05. The summed E-state index contributed by atoms with van der Waals surface area (Å²) in [5, 5.41) is 17.7. The fourth-order valence-corrected chi connectivity index (χ4v) is 1.50. The summed E-state index contributed by atoms with van der Waals surface area (Å²) in [6, 6.07) is 0. The Morgan fingerprint density at radius 2 is 1.53 bits per heavy atom. The van der Waals surface area contributed by atoms with Crippen molar-refractivity contribution in [2.24, 2.45) is 0 Å². The highest BCUT2D eigenvalue weighted by Crippen LogP contribution is 2.00. The van der Waals surface area contributed by atoms with Crippen molar-refractivity contribution in [2.75, 3.05) is 60.0 Å². The van der Waals surface area contributed by atoms with Gasteiger partial charge in [-0.1, -0.05) is 0 Å². The molecule has 0 rings (SSSR count). The quantitative estimate of drug-likeness (QED) is 0.526. The molecule has 0 fully saturated rings. The van der Waals surface area contributed by atoms with E-state index in [0.29, 0.717) is 13.1 Å². The zero-order valence-electron chi connectivity index (χ0n) is 10.4. The SMILES string of the molecule is CC[N+](C)(C)CCCN(CCO)CCO. The summed E-state index contributed by atoms with van der Waals surface area (Å²) in [5.74, 6) is 0. The van der Waals surface area contributed by atoms with Crippen LogP contribution >= 0.6 is 0 Å². The first kappa shape index (κ1) is 14.8. The molecule has 92 valence electrons. The normalized spacial score (nSPS) is 12.4. The molecule has 0 heterocycles. The Kier molecular flexibility index (Phi) is 7.96. The maximum Gasteiger partial charge on any atom is 0.0794 e. The van der Waals surface area contributed by atoms with Gasteiger partial charge >= 0.3 is 0 Å². The van der Waals surface area contributed by atoms with Crippen LogP contribution in [-0.4, -0.2) is 79.6 Å². The van der Waals surface area contributed by atoms with E-state index in [1.807, 2.05) is 0 Å². The number of hydrogen-bond acceptors (Lipinski definition) is 3. The van der Waals surface area contributed by atoms with Crippen LogP contribution in [0.2, 0.25) is 0 Å². The molecule has 0 bridgehead atoms. The van der Waals surface area contributed by atoms with Crippen LogP contribution in [0.5, 0.6) is 0 Å². The molecule has 0 aliphatic heterocycles. The maximum atomic E-state index is 8.84. The van der Waals surface area contributed by atoms with Crippen molar-refractivity contribution in [3.8, 4) is 0 Å². The smallest absolute Gasteiger partial charge is 0.0794 e. The first-order valence-electron chi connectivity index (χ1n) is 5.82. The minimum atomic E-state index is 0.173. The van der Waals surface area contributed by atoms with Crippen molar-refractivity contribution in [1.82, 2.24) is 4.90 Å². The summed E-state index contributed by atoms with van der Waals surface area (Å²) in [4.78, 5) is 2.11. The second-order valence-electron chi connectivity index (χ2n) is 4.62. The highest BCUT2D eigenvalue weighted by atomic mass is 16.3. The van der Waals surface area contributed by atoms with Crippen molar-refractivity contribution >= 4 is 0 Å². The van der Waals surface area contributed by atoms with Crippen LogP contribution in [0.25, 0.3) is 0 Å². The van der Waals surface area contributed by atoms with Crippen LogP contribution in [0.3, 0.4) is 0 Å². The third kappa shape index (κ3) is 7.73. The van der Waals surface area contributed by atoms with Gasteiger partial charge in [0.25, 0.3) is 0 Å². The molecule has 0 aliphatic rings. The van der Waals surface area contributed by atoms with Crippen molar-refractivity contribution in [3.63, 3.8) is 0 Å². The molecule has 0 unspecified atom stereocenters. The van der Waals surface area contributed by atoms with E-state index in [1.54, 1.807) is 0 Å². The largest absolute Gasteiger partial charge is 0.395 e. The minimum Gasteiger partial charge on any atom is -0.395 e. The van der Waals surface area contributed by atoms with E-state index < -0.39 is 0 Å². The van der Waals surface area contributed by atoms with Gasteiger partial charge in [0.15, 0.2) is 0 Å². The van der Waals surface area contributed by atoms with E-state index in [4.69, 9.17) is 10.2 Å². The molecule has 2 N–H and O–H groups in total. The third-order valence-electron chi connectivity index (χ3n) is 2.93. The Hall–Kier alpha value is -0.160. The van der Waals surface area contributed by atoms with Gasteiger partial charge < -0.3 is 14.7 Å². The van der Waals surface area contributed by atoms with E-state index in [9.17, 15) is 0 Å². The minimum absolute atomic E-state index is 0.173. The molecule has 0 amide bonds. The van der Waals surface area contributed by atoms with Gasteiger partial charge in [-0.05, 0) is 6.92 Å². The Balaban J connectivity index is 3.69.